The van der Waals surface area contributed by atoms with Gasteiger partial charge in [0.2, 0.25) is 0 Å². The predicted octanol–water partition coefficient (Wildman–Crippen LogP) is 2.98. The molecule has 0 N–H and O–H groups in total. The molecule has 0 saturated carbocycles. The first-order chi connectivity index (χ1) is 12.2. The zero-order chi connectivity index (χ0) is 17.2. The van der Waals surface area contributed by atoms with Crippen molar-refractivity contribution < 1.29 is 4.79 Å². The van der Waals surface area contributed by atoms with Crippen molar-refractivity contribution in [3.05, 3.63) is 52.3 Å². The van der Waals surface area contributed by atoms with Gasteiger partial charge in [-0.15, -0.1) is 0 Å². The van der Waals surface area contributed by atoms with E-state index in [0.29, 0.717) is 5.69 Å². The second-order valence-electron chi connectivity index (χ2n) is 6.54. The smallest absolute Gasteiger partial charge is 0.275 e. The molecule has 0 aliphatic carbocycles. The standard InChI is InChI=1S/C19H22N4OS/c1-21-17-6-3-2-5-16(17)18(20-21)19(24)23-9-4-8-22(10-11-23)13-15-7-12-25-14-15/h2-3,5-7,12,14H,4,8-11,13H2,1H3. The van der Waals surface area contributed by atoms with Crippen LogP contribution in [0.3, 0.4) is 0 Å². The second-order valence-corrected chi connectivity index (χ2v) is 7.32. The lowest BCUT2D eigenvalue weighted by molar-refractivity contribution is 0.0756. The number of benzene rings is 1. The van der Waals surface area contributed by atoms with Crippen LogP contribution in [0.1, 0.15) is 22.5 Å². The van der Waals surface area contributed by atoms with Crippen molar-refractivity contribution >= 4 is 28.1 Å². The number of carbonyl (C=O) groups is 1. The first-order valence-corrected chi connectivity index (χ1v) is 9.61. The third kappa shape index (κ3) is 3.32. The number of nitrogens with zero attached hydrogens (tertiary/aromatic N) is 4. The topological polar surface area (TPSA) is 41.4 Å². The van der Waals surface area contributed by atoms with E-state index in [2.05, 4.69) is 26.8 Å². The largest absolute Gasteiger partial charge is 0.336 e. The van der Waals surface area contributed by atoms with Crippen LogP contribution in [0.25, 0.3) is 10.9 Å². The molecule has 3 aromatic rings. The summed E-state index contributed by atoms with van der Waals surface area (Å²) in [6.45, 7) is 4.46. The van der Waals surface area contributed by atoms with E-state index in [1.807, 2.05) is 36.2 Å². The van der Waals surface area contributed by atoms with Gasteiger partial charge in [-0.3, -0.25) is 14.4 Å². The third-order valence-electron chi connectivity index (χ3n) is 4.82. The van der Waals surface area contributed by atoms with Crippen LogP contribution >= 0.6 is 11.3 Å². The van der Waals surface area contributed by atoms with Gasteiger partial charge in [-0.05, 0) is 34.9 Å². The highest BCUT2D eigenvalue weighted by molar-refractivity contribution is 7.07. The predicted molar refractivity (Wildman–Crippen MR) is 101 cm³/mol. The Morgan fingerprint density at radius 2 is 2.04 bits per heavy atom. The summed E-state index contributed by atoms with van der Waals surface area (Å²) in [7, 11) is 1.89. The average Bonchev–Trinajstić information content (AvgIpc) is 3.18. The number of para-hydroxylation sites is 1. The van der Waals surface area contributed by atoms with Crippen molar-refractivity contribution in [3.63, 3.8) is 0 Å². The lowest BCUT2D eigenvalue weighted by Gasteiger charge is -2.21. The summed E-state index contributed by atoms with van der Waals surface area (Å²) in [6.07, 6.45) is 1.00. The molecule has 0 bridgehead atoms. The van der Waals surface area contributed by atoms with E-state index >= 15 is 0 Å². The van der Waals surface area contributed by atoms with E-state index in [1.54, 1.807) is 16.0 Å². The molecule has 1 aromatic carbocycles. The highest BCUT2D eigenvalue weighted by Crippen LogP contribution is 2.20. The molecule has 0 radical (unpaired) electrons. The van der Waals surface area contributed by atoms with Crippen molar-refractivity contribution in [2.75, 3.05) is 26.2 Å². The number of fused-ring (bicyclic) bond motifs is 1. The minimum Gasteiger partial charge on any atom is -0.336 e. The van der Waals surface area contributed by atoms with Crippen LogP contribution in [0.15, 0.2) is 41.1 Å². The van der Waals surface area contributed by atoms with Gasteiger partial charge in [-0.2, -0.15) is 16.4 Å². The summed E-state index contributed by atoms with van der Waals surface area (Å²) < 4.78 is 1.79. The molecule has 1 saturated heterocycles. The molecule has 4 rings (SSSR count). The fourth-order valence-corrected chi connectivity index (χ4v) is 4.15. The SMILES string of the molecule is Cn1nc(C(=O)N2CCCN(Cc3ccsc3)CC2)c2ccccc21. The van der Waals surface area contributed by atoms with Gasteiger partial charge in [-0.1, -0.05) is 18.2 Å². The quantitative estimate of drug-likeness (QED) is 0.726. The maximum absolute atomic E-state index is 13.0. The van der Waals surface area contributed by atoms with Gasteiger partial charge >= 0.3 is 0 Å². The Balaban J connectivity index is 1.49. The van der Waals surface area contributed by atoms with Crippen LogP contribution in [0.4, 0.5) is 0 Å². The molecule has 0 spiro atoms. The second kappa shape index (κ2) is 6.98. The summed E-state index contributed by atoms with van der Waals surface area (Å²) in [5.74, 6) is 0.0502. The van der Waals surface area contributed by atoms with E-state index in [1.165, 1.54) is 5.56 Å². The highest BCUT2D eigenvalue weighted by atomic mass is 32.1. The molecule has 1 amide bonds. The summed E-state index contributed by atoms with van der Waals surface area (Å²) in [6, 6.07) is 10.1. The van der Waals surface area contributed by atoms with Crippen LogP contribution in [0.2, 0.25) is 0 Å². The first kappa shape index (κ1) is 16.3. The Morgan fingerprint density at radius 1 is 1.16 bits per heavy atom. The molecule has 1 aliphatic heterocycles. The Bertz CT molecular complexity index is 871. The Hall–Kier alpha value is -2.18. The van der Waals surface area contributed by atoms with Crippen LogP contribution < -0.4 is 0 Å². The monoisotopic (exact) mass is 354 g/mol. The fraction of sp³-hybridized carbons (Fsp3) is 0.368. The fourth-order valence-electron chi connectivity index (χ4n) is 3.49. The number of hydrogen-bond acceptors (Lipinski definition) is 4. The van der Waals surface area contributed by atoms with Gasteiger partial charge in [0, 0.05) is 45.2 Å². The number of aromatic nitrogens is 2. The Morgan fingerprint density at radius 3 is 2.88 bits per heavy atom. The van der Waals surface area contributed by atoms with Gasteiger partial charge in [0.05, 0.1) is 5.52 Å². The zero-order valence-corrected chi connectivity index (χ0v) is 15.2. The maximum atomic E-state index is 13.0. The Labute approximate surface area is 151 Å². The summed E-state index contributed by atoms with van der Waals surface area (Å²) >= 11 is 1.74. The molecule has 1 aliphatic rings. The number of rotatable bonds is 3. The number of carbonyl (C=O) groups excluding carboxylic acids is 1. The van der Waals surface area contributed by atoms with Crippen molar-refractivity contribution in [1.29, 1.82) is 0 Å². The van der Waals surface area contributed by atoms with Gasteiger partial charge in [0.15, 0.2) is 5.69 Å². The van der Waals surface area contributed by atoms with Crippen LogP contribution in [-0.4, -0.2) is 51.7 Å². The average molecular weight is 354 g/mol. The van der Waals surface area contributed by atoms with E-state index in [0.717, 1.165) is 50.0 Å². The summed E-state index contributed by atoms with van der Waals surface area (Å²) in [5, 5.41) is 9.75. The molecule has 130 valence electrons. The first-order valence-electron chi connectivity index (χ1n) is 8.67. The lowest BCUT2D eigenvalue weighted by atomic mass is 10.2. The molecule has 0 atom stereocenters. The molecule has 0 unspecified atom stereocenters. The van der Waals surface area contributed by atoms with E-state index in [4.69, 9.17) is 0 Å². The number of aryl methyl sites for hydroxylation is 1. The number of amides is 1. The zero-order valence-electron chi connectivity index (χ0n) is 14.4. The molecule has 2 aromatic heterocycles. The minimum absolute atomic E-state index is 0.0502. The van der Waals surface area contributed by atoms with E-state index in [9.17, 15) is 4.79 Å². The Kier molecular flexibility index (Phi) is 4.55. The molecule has 5 nitrogen and oxygen atoms in total. The van der Waals surface area contributed by atoms with Crippen LogP contribution in [-0.2, 0) is 13.6 Å². The summed E-state index contributed by atoms with van der Waals surface area (Å²) in [4.78, 5) is 17.4. The number of thiophene rings is 1. The molecular formula is C19H22N4OS. The maximum Gasteiger partial charge on any atom is 0.275 e. The van der Waals surface area contributed by atoms with Crippen LogP contribution in [0.5, 0.6) is 0 Å². The van der Waals surface area contributed by atoms with E-state index < -0.39 is 0 Å². The van der Waals surface area contributed by atoms with Crippen molar-refractivity contribution in [3.8, 4) is 0 Å². The molecule has 3 heterocycles. The normalized spacial score (nSPS) is 16.3. The molecule has 6 heteroatoms. The van der Waals surface area contributed by atoms with Crippen molar-refractivity contribution in [2.24, 2.45) is 7.05 Å². The number of hydrogen-bond donors (Lipinski definition) is 0. The van der Waals surface area contributed by atoms with Gasteiger partial charge in [0.25, 0.3) is 5.91 Å². The van der Waals surface area contributed by atoms with Gasteiger partial charge in [0.1, 0.15) is 0 Å². The molecule has 1 fully saturated rings. The van der Waals surface area contributed by atoms with Crippen LogP contribution in [0, 0.1) is 0 Å². The van der Waals surface area contributed by atoms with Gasteiger partial charge in [-0.25, -0.2) is 0 Å². The van der Waals surface area contributed by atoms with E-state index in [-0.39, 0.29) is 5.91 Å². The van der Waals surface area contributed by atoms with Crippen molar-refractivity contribution in [1.82, 2.24) is 19.6 Å². The molecule has 25 heavy (non-hydrogen) atoms. The summed E-state index contributed by atoms with van der Waals surface area (Å²) in [5.41, 5.74) is 2.93. The molecular weight excluding hydrogens is 332 g/mol. The van der Waals surface area contributed by atoms with Gasteiger partial charge < -0.3 is 4.90 Å². The van der Waals surface area contributed by atoms with Crippen molar-refractivity contribution in [2.45, 2.75) is 13.0 Å². The third-order valence-corrected chi connectivity index (χ3v) is 5.55. The highest BCUT2D eigenvalue weighted by Gasteiger charge is 2.24. The lowest BCUT2D eigenvalue weighted by Crippen LogP contribution is -2.35. The minimum atomic E-state index is 0.0502.